The van der Waals surface area contributed by atoms with E-state index in [2.05, 4.69) is 6.07 Å². The molecule has 0 aliphatic heterocycles. The Morgan fingerprint density at radius 2 is 1.95 bits per heavy atom. The van der Waals surface area contributed by atoms with Crippen molar-refractivity contribution in [2.45, 2.75) is 12.0 Å². The molecule has 2 aromatic rings. The van der Waals surface area contributed by atoms with Crippen LogP contribution >= 0.6 is 0 Å². The van der Waals surface area contributed by atoms with Crippen LogP contribution in [0.4, 0.5) is 0 Å². The first-order chi connectivity index (χ1) is 9.69. The van der Waals surface area contributed by atoms with Gasteiger partial charge in [-0.3, -0.25) is 4.90 Å². The highest BCUT2D eigenvalue weighted by atomic mass is 16.3. The lowest BCUT2D eigenvalue weighted by Crippen LogP contribution is -2.39. The van der Waals surface area contributed by atoms with E-state index in [-0.39, 0.29) is 0 Å². The number of rotatable bonds is 5. The van der Waals surface area contributed by atoms with Crippen LogP contribution in [0.5, 0.6) is 0 Å². The van der Waals surface area contributed by atoms with Crippen molar-refractivity contribution in [1.82, 2.24) is 4.90 Å². The lowest BCUT2D eigenvalue weighted by atomic mass is 9.92. The van der Waals surface area contributed by atoms with Gasteiger partial charge in [-0.1, -0.05) is 42.5 Å². The summed E-state index contributed by atoms with van der Waals surface area (Å²) < 4.78 is 5.46. The molecule has 1 aromatic carbocycles. The summed E-state index contributed by atoms with van der Waals surface area (Å²) in [6.45, 7) is 0. The second kappa shape index (κ2) is 6.23. The Morgan fingerprint density at radius 1 is 1.20 bits per heavy atom. The van der Waals surface area contributed by atoms with Gasteiger partial charge in [0, 0.05) is 6.42 Å². The standard InChI is InChI=1S/C17H18N2O/c1-19(2)17(14-18,16-11-7-13-20-16)12-6-10-15-8-4-3-5-9-15/h3-11,13H,12H2,1-2H3/b10-6+. The molecule has 1 heterocycles. The van der Waals surface area contributed by atoms with E-state index in [1.807, 2.05) is 73.6 Å². The Bertz CT molecular complexity index is 594. The van der Waals surface area contributed by atoms with Gasteiger partial charge in [0.15, 0.2) is 5.54 Å². The number of nitrogens with zero attached hydrogens (tertiary/aromatic N) is 2. The molecule has 3 nitrogen and oxygen atoms in total. The summed E-state index contributed by atoms with van der Waals surface area (Å²) in [4.78, 5) is 1.89. The molecule has 0 aliphatic rings. The molecule has 0 saturated heterocycles. The van der Waals surface area contributed by atoms with Gasteiger partial charge in [0.1, 0.15) is 5.76 Å². The Labute approximate surface area is 119 Å². The minimum absolute atomic E-state index is 0.568. The Kier molecular flexibility index (Phi) is 4.39. The van der Waals surface area contributed by atoms with Crippen molar-refractivity contribution in [3.05, 3.63) is 66.1 Å². The van der Waals surface area contributed by atoms with Crippen LogP contribution in [0.15, 0.2) is 59.2 Å². The molecular weight excluding hydrogens is 248 g/mol. The summed E-state index contributed by atoms with van der Waals surface area (Å²) in [6.07, 6.45) is 6.21. The molecule has 1 atom stereocenters. The fourth-order valence-corrected chi connectivity index (χ4v) is 2.15. The summed E-state index contributed by atoms with van der Waals surface area (Å²) in [5.74, 6) is 0.669. The van der Waals surface area contributed by atoms with Gasteiger partial charge < -0.3 is 4.42 Å². The molecular formula is C17H18N2O. The van der Waals surface area contributed by atoms with Crippen molar-refractivity contribution >= 4 is 6.08 Å². The van der Waals surface area contributed by atoms with Crippen molar-refractivity contribution in [1.29, 1.82) is 5.26 Å². The van der Waals surface area contributed by atoms with Crippen molar-refractivity contribution in [3.63, 3.8) is 0 Å². The van der Waals surface area contributed by atoms with Crippen molar-refractivity contribution < 1.29 is 4.42 Å². The van der Waals surface area contributed by atoms with Crippen molar-refractivity contribution in [3.8, 4) is 6.07 Å². The lowest BCUT2D eigenvalue weighted by molar-refractivity contribution is 0.185. The summed E-state index contributed by atoms with van der Waals surface area (Å²) in [5.41, 5.74) is 0.354. The van der Waals surface area contributed by atoms with Gasteiger partial charge in [-0.2, -0.15) is 5.26 Å². The number of hydrogen-bond donors (Lipinski definition) is 0. The molecule has 0 spiro atoms. The smallest absolute Gasteiger partial charge is 0.170 e. The second-order valence-corrected chi connectivity index (χ2v) is 4.86. The highest BCUT2D eigenvalue weighted by molar-refractivity contribution is 5.49. The third-order valence-corrected chi connectivity index (χ3v) is 3.40. The number of furan rings is 1. The van der Waals surface area contributed by atoms with Crippen LogP contribution in [-0.4, -0.2) is 19.0 Å². The molecule has 0 N–H and O–H groups in total. The van der Waals surface area contributed by atoms with Crippen molar-refractivity contribution in [2.24, 2.45) is 0 Å². The molecule has 2 rings (SSSR count). The quantitative estimate of drug-likeness (QED) is 0.829. The van der Waals surface area contributed by atoms with Gasteiger partial charge in [-0.25, -0.2) is 0 Å². The average Bonchev–Trinajstić information content (AvgIpc) is 2.99. The third kappa shape index (κ3) is 2.81. The van der Waals surface area contributed by atoms with Gasteiger partial charge in [0.25, 0.3) is 0 Å². The van der Waals surface area contributed by atoms with Crippen LogP contribution in [0.3, 0.4) is 0 Å². The van der Waals surface area contributed by atoms with E-state index in [9.17, 15) is 5.26 Å². The van der Waals surface area contributed by atoms with Crippen LogP contribution in [0.25, 0.3) is 6.08 Å². The minimum atomic E-state index is -0.769. The van der Waals surface area contributed by atoms with Crippen LogP contribution < -0.4 is 0 Å². The fraction of sp³-hybridized carbons (Fsp3) is 0.235. The topological polar surface area (TPSA) is 40.2 Å². The first kappa shape index (κ1) is 14.1. The molecule has 20 heavy (non-hydrogen) atoms. The lowest BCUT2D eigenvalue weighted by Gasteiger charge is -2.30. The van der Waals surface area contributed by atoms with E-state index in [4.69, 9.17) is 4.42 Å². The molecule has 0 radical (unpaired) electrons. The van der Waals surface area contributed by atoms with Gasteiger partial charge in [0.05, 0.1) is 12.3 Å². The maximum Gasteiger partial charge on any atom is 0.170 e. The van der Waals surface area contributed by atoms with E-state index in [0.717, 1.165) is 5.56 Å². The molecule has 1 unspecified atom stereocenters. The normalized spacial score (nSPS) is 14.3. The molecule has 0 aliphatic carbocycles. The number of hydrogen-bond acceptors (Lipinski definition) is 3. The SMILES string of the molecule is CN(C)C(C#N)(C/C=C/c1ccccc1)c1ccco1. The van der Waals surface area contributed by atoms with E-state index < -0.39 is 5.54 Å². The monoisotopic (exact) mass is 266 g/mol. The molecule has 0 saturated carbocycles. The zero-order chi connectivity index (χ0) is 14.4. The van der Waals surface area contributed by atoms with E-state index in [0.29, 0.717) is 12.2 Å². The van der Waals surface area contributed by atoms with Gasteiger partial charge in [-0.05, 0) is 31.8 Å². The second-order valence-electron chi connectivity index (χ2n) is 4.86. The third-order valence-electron chi connectivity index (χ3n) is 3.40. The van der Waals surface area contributed by atoms with Crippen LogP contribution in [0, 0.1) is 11.3 Å². The zero-order valence-electron chi connectivity index (χ0n) is 11.8. The summed E-state index contributed by atoms with van der Waals surface area (Å²) in [7, 11) is 3.78. The van der Waals surface area contributed by atoms with Crippen molar-refractivity contribution in [2.75, 3.05) is 14.1 Å². The molecule has 0 amide bonds. The first-order valence-corrected chi connectivity index (χ1v) is 6.53. The Morgan fingerprint density at radius 3 is 2.50 bits per heavy atom. The largest absolute Gasteiger partial charge is 0.466 e. The van der Waals surface area contributed by atoms with Crippen LogP contribution in [0.1, 0.15) is 17.7 Å². The highest BCUT2D eigenvalue weighted by Crippen LogP contribution is 2.30. The predicted molar refractivity (Wildman–Crippen MR) is 79.8 cm³/mol. The van der Waals surface area contributed by atoms with Crippen LogP contribution in [-0.2, 0) is 5.54 Å². The maximum atomic E-state index is 9.63. The fourth-order valence-electron chi connectivity index (χ4n) is 2.15. The summed E-state index contributed by atoms with van der Waals surface area (Å²) >= 11 is 0. The van der Waals surface area contributed by atoms with E-state index in [1.54, 1.807) is 6.26 Å². The molecule has 102 valence electrons. The van der Waals surface area contributed by atoms with Gasteiger partial charge >= 0.3 is 0 Å². The molecule has 0 bridgehead atoms. The molecule has 0 fully saturated rings. The van der Waals surface area contributed by atoms with Gasteiger partial charge in [-0.15, -0.1) is 0 Å². The summed E-state index contributed by atoms with van der Waals surface area (Å²) in [5, 5.41) is 9.63. The highest BCUT2D eigenvalue weighted by Gasteiger charge is 2.36. The Balaban J connectivity index is 2.22. The number of benzene rings is 1. The minimum Gasteiger partial charge on any atom is -0.466 e. The molecule has 1 aromatic heterocycles. The summed E-state index contributed by atoms with van der Waals surface area (Å²) in [6, 6.07) is 16.1. The van der Waals surface area contributed by atoms with E-state index in [1.165, 1.54) is 0 Å². The molecule has 3 heteroatoms. The first-order valence-electron chi connectivity index (χ1n) is 6.53. The zero-order valence-corrected chi connectivity index (χ0v) is 11.8. The maximum absolute atomic E-state index is 9.63. The van der Waals surface area contributed by atoms with Crippen LogP contribution in [0.2, 0.25) is 0 Å². The predicted octanol–water partition coefficient (Wildman–Crippen LogP) is 3.66. The number of nitriles is 1. The van der Waals surface area contributed by atoms with E-state index >= 15 is 0 Å². The Hall–Kier alpha value is -2.31. The average molecular weight is 266 g/mol. The van der Waals surface area contributed by atoms with Gasteiger partial charge in [0.2, 0.25) is 0 Å².